The molecule has 5 aromatic rings. The predicted octanol–water partition coefficient (Wildman–Crippen LogP) is 6.00. The van der Waals surface area contributed by atoms with Gasteiger partial charge in [0.05, 0.1) is 29.7 Å². The van der Waals surface area contributed by atoms with Crippen molar-refractivity contribution in [2.24, 2.45) is 5.92 Å². The summed E-state index contributed by atoms with van der Waals surface area (Å²) in [5.41, 5.74) is 4.53. The largest absolute Gasteiger partial charge is 0.454 e. The molecule has 0 amide bonds. The fraction of sp³-hybridized carbons (Fsp3) is 0.465. The van der Waals surface area contributed by atoms with E-state index in [2.05, 4.69) is 61.0 Å². The standard InChI is InChI=1S/C43H49N9O5/c1-26(53)56-34-17-15-29-23-33-32-16-18-35(54-24-27-11-9-13-30(21-27)38-44-48-51(46-38)40(2,3)4)43(42(32,19-20-50(33)8)36(29)37(34)57-43)55-25-28-12-10-14-31(22-28)39-45-49-52(47-39)41(5,6)7/h9-18,21-22,32-33,35H,19-20,23-25H2,1-8H3/t32-,33+,35?,42-,43?/m0/s1. The molecular formula is C43H49N9O5. The van der Waals surface area contributed by atoms with Crippen molar-refractivity contribution in [1.29, 1.82) is 0 Å². The van der Waals surface area contributed by atoms with Crippen LogP contribution in [0.25, 0.3) is 22.8 Å². The van der Waals surface area contributed by atoms with E-state index in [1.54, 1.807) is 9.59 Å². The highest BCUT2D eigenvalue weighted by Crippen LogP contribution is 2.67. The smallest absolute Gasteiger partial charge is 0.308 e. The van der Waals surface area contributed by atoms with Crippen LogP contribution in [0.15, 0.2) is 72.8 Å². The summed E-state index contributed by atoms with van der Waals surface area (Å²) in [6.07, 6.45) is 5.38. The Labute approximate surface area is 332 Å². The molecule has 2 bridgehead atoms. The average Bonchev–Trinajstić information content (AvgIpc) is 3.93. The van der Waals surface area contributed by atoms with Crippen molar-refractivity contribution in [3.05, 3.63) is 95.1 Å². The highest BCUT2D eigenvalue weighted by molar-refractivity contribution is 5.73. The molecule has 0 radical (unpaired) electrons. The Morgan fingerprint density at radius 2 is 1.49 bits per heavy atom. The summed E-state index contributed by atoms with van der Waals surface area (Å²) in [4.78, 5) is 18.2. The van der Waals surface area contributed by atoms with Crippen LogP contribution in [0.4, 0.5) is 0 Å². The van der Waals surface area contributed by atoms with Crippen molar-refractivity contribution < 1.29 is 23.7 Å². The first-order valence-corrected chi connectivity index (χ1v) is 19.6. The van der Waals surface area contributed by atoms with Gasteiger partial charge in [-0.1, -0.05) is 54.6 Å². The minimum absolute atomic E-state index is 0.0558. The predicted molar refractivity (Wildman–Crippen MR) is 210 cm³/mol. The lowest BCUT2D eigenvalue weighted by atomic mass is 9.52. The van der Waals surface area contributed by atoms with Gasteiger partial charge in [0, 0.05) is 35.6 Å². The molecule has 2 unspecified atom stereocenters. The van der Waals surface area contributed by atoms with Gasteiger partial charge in [-0.25, -0.2) is 0 Å². The van der Waals surface area contributed by atoms with Crippen molar-refractivity contribution >= 4 is 5.97 Å². The average molecular weight is 772 g/mol. The Bertz CT molecular complexity index is 2390. The van der Waals surface area contributed by atoms with E-state index in [0.29, 0.717) is 23.1 Å². The van der Waals surface area contributed by atoms with Gasteiger partial charge >= 0.3 is 5.97 Å². The van der Waals surface area contributed by atoms with Gasteiger partial charge in [0.25, 0.3) is 5.79 Å². The van der Waals surface area contributed by atoms with Crippen LogP contribution in [0.5, 0.6) is 11.5 Å². The number of hydrogen-bond donors (Lipinski definition) is 0. The van der Waals surface area contributed by atoms with Crippen LogP contribution < -0.4 is 9.47 Å². The Morgan fingerprint density at radius 1 is 0.860 bits per heavy atom. The number of esters is 1. The van der Waals surface area contributed by atoms with E-state index in [4.69, 9.17) is 18.9 Å². The summed E-state index contributed by atoms with van der Waals surface area (Å²) >= 11 is 0. The van der Waals surface area contributed by atoms with E-state index in [1.807, 2.05) is 96.1 Å². The second kappa shape index (κ2) is 13.4. The Balaban J connectivity index is 1.10. The highest BCUT2D eigenvalue weighted by Gasteiger charge is 2.74. The summed E-state index contributed by atoms with van der Waals surface area (Å²) in [5, 5.41) is 26.6. The van der Waals surface area contributed by atoms with Gasteiger partial charge in [-0.05, 0) is 113 Å². The molecule has 4 heterocycles. The first kappa shape index (κ1) is 37.3. The molecule has 2 aromatic heterocycles. The Hall–Kier alpha value is -5.31. The second-order valence-corrected chi connectivity index (χ2v) is 17.7. The lowest BCUT2D eigenvalue weighted by Crippen LogP contribution is -2.72. The maximum atomic E-state index is 12.5. The van der Waals surface area contributed by atoms with Gasteiger partial charge in [0.2, 0.25) is 11.6 Å². The molecule has 0 N–H and O–H groups in total. The van der Waals surface area contributed by atoms with E-state index in [-0.39, 0.29) is 36.3 Å². The number of benzene rings is 3. The fourth-order valence-electron chi connectivity index (χ4n) is 9.07. The highest BCUT2D eigenvalue weighted by atomic mass is 16.7. The van der Waals surface area contributed by atoms with E-state index in [9.17, 15) is 4.79 Å². The monoisotopic (exact) mass is 771 g/mol. The molecule has 14 heteroatoms. The minimum Gasteiger partial charge on any atom is -0.454 e. The quantitative estimate of drug-likeness (QED) is 0.0985. The molecule has 1 saturated heterocycles. The van der Waals surface area contributed by atoms with Gasteiger partial charge in [-0.3, -0.25) is 4.79 Å². The Kier molecular flexibility index (Phi) is 8.76. The number of piperidine rings is 1. The van der Waals surface area contributed by atoms with Crippen LogP contribution >= 0.6 is 0 Å². The van der Waals surface area contributed by atoms with E-state index < -0.39 is 23.3 Å². The number of carbonyl (C=O) groups is 1. The molecule has 1 spiro atoms. The van der Waals surface area contributed by atoms with Crippen molar-refractivity contribution in [2.45, 2.75) is 109 Å². The molecule has 2 aliphatic carbocycles. The van der Waals surface area contributed by atoms with Gasteiger partial charge in [0.1, 0.15) is 6.10 Å². The van der Waals surface area contributed by atoms with Crippen LogP contribution in [-0.2, 0) is 50.4 Å². The molecule has 14 nitrogen and oxygen atoms in total. The molecule has 1 fully saturated rings. The first-order chi connectivity index (χ1) is 27.2. The second-order valence-electron chi connectivity index (χ2n) is 17.7. The number of tetrazole rings is 2. The Morgan fingerprint density at radius 3 is 2.09 bits per heavy atom. The number of likely N-dealkylation sites (tertiary alicyclic amines) is 1. The summed E-state index contributed by atoms with van der Waals surface area (Å²) in [5.74, 6) is 0.361. The van der Waals surface area contributed by atoms with Crippen LogP contribution in [0.3, 0.4) is 0 Å². The normalized spacial score (nSPS) is 24.9. The van der Waals surface area contributed by atoms with Gasteiger partial charge in [-0.2, -0.15) is 9.59 Å². The number of hydrogen-bond acceptors (Lipinski definition) is 12. The number of ether oxygens (including phenoxy) is 4. The number of carbonyl (C=O) groups excluding carboxylic acids is 1. The van der Waals surface area contributed by atoms with Crippen LogP contribution in [-0.4, -0.2) is 82.8 Å². The van der Waals surface area contributed by atoms with Crippen LogP contribution in [0.2, 0.25) is 0 Å². The molecule has 0 saturated carbocycles. The van der Waals surface area contributed by atoms with Crippen molar-refractivity contribution in [1.82, 2.24) is 45.3 Å². The van der Waals surface area contributed by atoms with E-state index in [0.717, 1.165) is 47.2 Å². The van der Waals surface area contributed by atoms with Crippen LogP contribution in [0.1, 0.15) is 77.1 Å². The van der Waals surface area contributed by atoms with Gasteiger partial charge in [0.15, 0.2) is 11.5 Å². The zero-order chi connectivity index (χ0) is 39.9. The summed E-state index contributed by atoms with van der Waals surface area (Å²) < 4.78 is 27.4. The zero-order valence-electron chi connectivity index (χ0n) is 33.8. The third-order valence-corrected chi connectivity index (χ3v) is 11.8. The first-order valence-electron chi connectivity index (χ1n) is 19.6. The molecule has 57 heavy (non-hydrogen) atoms. The number of rotatable bonds is 9. The minimum atomic E-state index is -1.31. The van der Waals surface area contributed by atoms with Crippen LogP contribution in [0, 0.1) is 5.92 Å². The summed E-state index contributed by atoms with van der Waals surface area (Å²) in [6.45, 7) is 14.9. The lowest BCUT2D eigenvalue weighted by Gasteiger charge is -2.60. The molecule has 5 atom stereocenters. The number of likely N-dealkylation sites (N-methyl/N-ethyl adjacent to an activating group) is 1. The van der Waals surface area contributed by atoms with Crippen molar-refractivity contribution in [3.8, 4) is 34.3 Å². The van der Waals surface area contributed by atoms with Gasteiger partial charge < -0.3 is 23.8 Å². The lowest BCUT2D eigenvalue weighted by molar-refractivity contribution is -0.292. The molecule has 2 aliphatic heterocycles. The molecule has 3 aromatic carbocycles. The maximum absolute atomic E-state index is 12.5. The number of nitrogens with zero attached hydrogens (tertiary/aromatic N) is 9. The molecule has 9 rings (SSSR count). The molecule has 296 valence electrons. The fourth-order valence-corrected chi connectivity index (χ4v) is 9.07. The SMILES string of the molecule is CC(=O)Oc1ccc2c3c1OC1(OCc4cccc(-c5nnn(C(C)(C)C)n5)c4)C(OCc4cccc(-c5nnn(C(C)(C)C)n5)c4)C=C[C@H]4[C@@H](C2)N(C)CC[C@@]341. The summed E-state index contributed by atoms with van der Waals surface area (Å²) in [7, 11) is 2.20. The summed E-state index contributed by atoms with van der Waals surface area (Å²) in [6, 6.07) is 20.2. The topological polar surface area (TPSA) is 144 Å². The van der Waals surface area contributed by atoms with E-state index in [1.165, 1.54) is 12.5 Å². The molecular weight excluding hydrogens is 723 g/mol. The third-order valence-electron chi connectivity index (χ3n) is 11.8. The van der Waals surface area contributed by atoms with Gasteiger partial charge in [-0.15, -0.1) is 20.4 Å². The number of aromatic nitrogens is 8. The van der Waals surface area contributed by atoms with E-state index >= 15 is 0 Å². The maximum Gasteiger partial charge on any atom is 0.308 e. The zero-order valence-corrected chi connectivity index (χ0v) is 33.8. The van der Waals surface area contributed by atoms with Crippen molar-refractivity contribution in [3.63, 3.8) is 0 Å². The third kappa shape index (κ3) is 6.16. The van der Waals surface area contributed by atoms with Crippen molar-refractivity contribution in [2.75, 3.05) is 13.6 Å². The molecule has 4 aliphatic rings.